The van der Waals surface area contributed by atoms with Crippen LogP contribution in [0.3, 0.4) is 0 Å². The minimum absolute atomic E-state index is 0.424. The largest absolute Gasteiger partial charge is 0.332 e. The van der Waals surface area contributed by atoms with Gasteiger partial charge in [-0.05, 0) is 25.0 Å². The molecule has 1 aromatic rings. The van der Waals surface area contributed by atoms with Gasteiger partial charge in [-0.1, -0.05) is 25.1 Å². The third-order valence-electron chi connectivity index (χ3n) is 5.22. The molecule has 0 aliphatic carbocycles. The van der Waals surface area contributed by atoms with E-state index in [2.05, 4.69) is 6.92 Å². The normalized spacial score (nSPS) is 28.6. The number of rotatable bonds is 3. The van der Waals surface area contributed by atoms with Gasteiger partial charge in [0.1, 0.15) is 0 Å². The standard InChI is InChI=1S/C17H26N2O2S/c1-15-6-5-11-18(14-15)16-9-12-19(13-10-16)22(20,21)17-7-3-2-4-8-17/h2-4,7-8,15-16H,5-6,9-14H2,1H3/p+1. The van der Waals surface area contributed by atoms with E-state index in [0.29, 0.717) is 24.0 Å². The van der Waals surface area contributed by atoms with E-state index in [9.17, 15) is 8.42 Å². The summed E-state index contributed by atoms with van der Waals surface area (Å²) in [5.74, 6) is 0.815. The van der Waals surface area contributed by atoms with Crippen LogP contribution in [0.1, 0.15) is 32.6 Å². The first-order valence-corrected chi connectivity index (χ1v) is 9.91. The highest BCUT2D eigenvalue weighted by Crippen LogP contribution is 2.20. The van der Waals surface area contributed by atoms with Crippen LogP contribution in [0, 0.1) is 5.92 Å². The second-order valence-electron chi connectivity index (χ2n) is 6.85. The summed E-state index contributed by atoms with van der Waals surface area (Å²) in [6.07, 6.45) is 4.66. The highest BCUT2D eigenvalue weighted by atomic mass is 32.2. The molecule has 0 bridgehead atoms. The van der Waals surface area contributed by atoms with Crippen molar-refractivity contribution in [1.82, 2.24) is 4.31 Å². The van der Waals surface area contributed by atoms with Crippen molar-refractivity contribution in [1.29, 1.82) is 0 Å². The number of hydrogen-bond donors (Lipinski definition) is 1. The fourth-order valence-corrected chi connectivity index (χ4v) is 5.44. The molecule has 2 aliphatic heterocycles. The average Bonchev–Trinajstić information content (AvgIpc) is 2.56. The summed E-state index contributed by atoms with van der Waals surface area (Å²) in [5, 5.41) is 0. The van der Waals surface area contributed by atoms with Crippen LogP contribution >= 0.6 is 0 Å². The highest BCUT2D eigenvalue weighted by Gasteiger charge is 2.34. The van der Waals surface area contributed by atoms with Crippen LogP contribution < -0.4 is 4.90 Å². The quantitative estimate of drug-likeness (QED) is 0.907. The molecule has 0 amide bonds. The zero-order valence-electron chi connectivity index (χ0n) is 13.4. The van der Waals surface area contributed by atoms with Crippen LogP contribution in [-0.2, 0) is 10.0 Å². The second kappa shape index (κ2) is 6.69. The van der Waals surface area contributed by atoms with E-state index in [1.807, 2.05) is 6.07 Å². The molecule has 22 heavy (non-hydrogen) atoms. The molecule has 2 heterocycles. The fourth-order valence-electron chi connectivity index (χ4n) is 3.95. The molecule has 0 spiro atoms. The van der Waals surface area contributed by atoms with Crippen molar-refractivity contribution in [2.75, 3.05) is 26.2 Å². The Morgan fingerprint density at radius 1 is 1.09 bits per heavy atom. The van der Waals surface area contributed by atoms with E-state index in [0.717, 1.165) is 18.8 Å². The van der Waals surface area contributed by atoms with Crippen LogP contribution in [0.2, 0.25) is 0 Å². The lowest BCUT2D eigenvalue weighted by Crippen LogP contribution is -3.17. The molecule has 4 nitrogen and oxygen atoms in total. The molecule has 1 N–H and O–H groups in total. The van der Waals surface area contributed by atoms with Gasteiger partial charge in [0.2, 0.25) is 10.0 Å². The predicted molar refractivity (Wildman–Crippen MR) is 87.3 cm³/mol. The average molecular weight is 323 g/mol. The second-order valence-corrected chi connectivity index (χ2v) is 8.79. The number of nitrogens with zero attached hydrogens (tertiary/aromatic N) is 1. The summed E-state index contributed by atoms with van der Waals surface area (Å²) in [5.41, 5.74) is 0. The Hall–Kier alpha value is -0.910. The molecule has 3 rings (SSSR count). The Labute approximate surface area is 134 Å². The lowest BCUT2D eigenvalue weighted by molar-refractivity contribution is -0.934. The Kier molecular flexibility index (Phi) is 4.85. The van der Waals surface area contributed by atoms with Crippen molar-refractivity contribution in [2.45, 2.75) is 43.5 Å². The topological polar surface area (TPSA) is 41.8 Å². The van der Waals surface area contributed by atoms with E-state index in [4.69, 9.17) is 0 Å². The molecule has 2 fully saturated rings. The first-order chi connectivity index (χ1) is 10.6. The van der Waals surface area contributed by atoms with Gasteiger partial charge < -0.3 is 4.90 Å². The number of benzene rings is 1. The van der Waals surface area contributed by atoms with Crippen molar-refractivity contribution >= 4 is 10.0 Å². The Morgan fingerprint density at radius 3 is 2.41 bits per heavy atom. The van der Waals surface area contributed by atoms with Crippen molar-refractivity contribution in [3.8, 4) is 0 Å². The van der Waals surface area contributed by atoms with Crippen LogP contribution in [-0.4, -0.2) is 44.9 Å². The highest BCUT2D eigenvalue weighted by molar-refractivity contribution is 7.89. The molecule has 2 saturated heterocycles. The predicted octanol–water partition coefficient (Wildman–Crippen LogP) is 1.15. The van der Waals surface area contributed by atoms with E-state index >= 15 is 0 Å². The van der Waals surface area contributed by atoms with E-state index in [1.165, 1.54) is 25.9 Å². The van der Waals surface area contributed by atoms with E-state index < -0.39 is 10.0 Å². The van der Waals surface area contributed by atoms with Crippen molar-refractivity contribution in [2.24, 2.45) is 5.92 Å². The van der Waals surface area contributed by atoms with Gasteiger partial charge in [0.05, 0.1) is 24.0 Å². The van der Waals surface area contributed by atoms with Gasteiger partial charge in [-0.15, -0.1) is 0 Å². The van der Waals surface area contributed by atoms with Crippen molar-refractivity contribution < 1.29 is 13.3 Å². The van der Waals surface area contributed by atoms with Gasteiger partial charge in [0.25, 0.3) is 0 Å². The lowest BCUT2D eigenvalue weighted by atomic mass is 9.96. The molecular formula is C17H27N2O2S+. The van der Waals surface area contributed by atoms with Crippen molar-refractivity contribution in [3.63, 3.8) is 0 Å². The van der Waals surface area contributed by atoms with Gasteiger partial charge in [-0.3, -0.25) is 0 Å². The number of piperidine rings is 2. The maximum Gasteiger partial charge on any atom is 0.243 e. The van der Waals surface area contributed by atoms with E-state index in [-0.39, 0.29) is 0 Å². The fraction of sp³-hybridized carbons (Fsp3) is 0.647. The summed E-state index contributed by atoms with van der Waals surface area (Å²) in [6.45, 7) is 6.20. The van der Waals surface area contributed by atoms with Crippen LogP contribution in [0.25, 0.3) is 0 Å². The molecule has 0 saturated carbocycles. The minimum Gasteiger partial charge on any atom is -0.332 e. The molecular weight excluding hydrogens is 296 g/mol. The third-order valence-corrected chi connectivity index (χ3v) is 7.13. The first-order valence-electron chi connectivity index (χ1n) is 8.47. The SMILES string of the molecule is CC1CCC[NH+](C2CCN(S(=O)(=O)c3ccccc3)CC2)C1. The summed E-state index contributed by atoms with van der Waals surface area (Å²) in [6, 6.07) is 9.46. The molecule has 122 valence electrons. The molecule has 1 aromatic carbocycles. The maximum atomic E-state index is 12.6. The van der Waals surface area contributed by atoms with E-state index in [1.54, 1.807) is 33.5 Å². The zero-order valence-corrected chi connectivity index (χ0v) is 14.2. The minimum atomic E-state index is -3.30. The van der Waals surface area contributed by atoms with Crippen LogP contribution in [0.4, 0.5) is 0 Å². The Bertz CT molecular complexity index is 580. The molecule has 2 atom stereocenters. The monoisotopic (exact) mass is 323 g/mol. The summed E-state index contributed by atoms with van der Waals surface area (Å²) in [7, 11) is -3.30. The van der Waals surface area contributed by atoms with Gasteiger partial charge in [0.15, 0.2) is 0 Å². The van der Waals surface area contributed by atoms with Crippen molar-refractivity contribution in [3.05, 3.63) is 30.3 Å². The molecule has 5 heteroatoms. The number of hydrogen-bond acceptors (Lipinski definition) is 2. The first kappa shape index (κ1) is 16.0. The molecule has 0 aromatic heterocycles. The molecule has 2 aliphatic rings. The van der Waals surface area contributed by atoms with Crippen LogP contribution in [0.15, 0.2) is 35.2 Å². The van der Waals surface area contributed by atoms with Gasteiger partial charge in [-0.25, -0.2) is 8.42 Å². The van der Waals surface area contributed by atoms with Gasteiger partial charge >= 0.3 is 0 Å². The maximum absolute atomic E-state index is 12.6. The van der Waals surface area contributed by atoms with Crippen LogP contribution in [0.5, 0.6) is 0 Å². The van der Waals surface area contributed by atoms with Gasteiger partial charge in [0, 0.05) is 31.8 Å². The number of likely N-dealkylation sites (tertiary alicyclic amines) is 1. The summed E-state index contributed by atoms with van der Waals surface area (Å²) < 4.78 is 27.0. The lowest BCUT2D eigenvalue weighted by Gasteiger charge is -2.38. The number of sulfonamides is 1. The number of nitrogens with one attached hydrogen (secondary N) is 1. The molecule has 0 radical (unpaired) electrons. The van der Waals surface area contributed by atoms with Gasteiger partial charge in [-0.2, -0.15) is 4.31 Å². The smallest absolute Gasteiger partial charge is 0.243 e. The Morgan fingerprint density at radius 2 is 1.77 bits per heavy atom. The Balaban J connectivity index is 1.62. The zero-order chi connectivity index (χ0) is 15.6. The summed E-state index contributed by atoms with van der Waals surface area (Å²) >= 11 is 0. The number of quaternary nitrogens is 1. The summed E-state index contributed by atoms with van der Waals surface area (Å²) in [4.78, 5) is 2.13. The third kappa shape index (κ3) is 3.36. The molecule has 2 unspecified atom stereocenters.